The number of halogens is 1. The van der Waals surface area contributed by atoms with Crippen molar-refractivity contribution in [2.75, 3.05) is 5.32 Å². The van der Waals surface area contributed by atoms with E-state index in [4.69, 9.17) is 16.3 Å². The number of carbonyl (C=O) groups is 1. The first-order valence-electron chi connectivity index (χ1n) is 6.32. The molecule has 0 aliphatic heterocycles. The van der Waals surface area contributed by atoms with E-state index < -0.39 is 11.7 Å². The number of pyridine rings is 1. The Balaban J connectivity index is 2.90. The van der Waals surface area contributed by atoms with Gasteiger partial charge in [-0.05, 0) is 44.7 Å². The van der Waals surface area contributed by atoms with E-state index in [1.165, 1.54) is 0 Å². The quantitative estimate of drug-likeness (QED) is 0.843. The van der Waals surface area contributed by atoms with Crippen molar-refractivity contribution in [2.24, 2.45) is 5.92 Å². The largest absolute Gasteiger partial charge is 0.444 e. The van der Waals surface area contributed by atoms with Gasteiger partial charge in [0.05, 0.1) is 5.69 Å². The monoisotopic (exact) mass is 284 g/mol. The van der Waals surface area contributed by atoms with Crippen LogP contribution in [-0.2, 0) is 11.2 Å². The maximum absolute atomic E-state index is 11.8. The number of aromatic nitrogens is 1. The van der Waals surface area contributed by atoms with Crippen LogP contribution in [0.25, 0.3) is 0 Å². The highest BCUT2D eigenvalue weighted by Crippen LogP contribution is 2.26. The van der Waals surface area contributed by atoms with E-state index in [1.807, 2.05) is 26.8 Å². The highest BCUT2D eigenvalue weighted by molar-refractivity contribution is 6.32. The summed E-state index contributed by atoms with van der Waals surface area (Å²) in [6, 6.07) is 1.86. The fraction of sp³-hybridized carbons (Fsp3) is 0.571. The first-order valence-corrected chi connectivity index (χ1v) is 6.70. The number of anilines is 1. The first-order chi connectivity index (χ1) is 8.69. The van der Waals surface area contributed by atoms with Crippen molar-refractivity contribution in [3.8, 4) is 0 Å². The normalized spacial score (nSPS) is 11.5. The summed E-state index contributed by atoms with van der Waals surface area (Å²) < 4.78 is 5.22. The topological polar surface area (TPSA) is 51.2 Å². The van der Waals surface area contributed by atoms with Gasteiger partial charge in [0.25, 0.3) is 0 Å². The van der Waals surface area contributed by atoms with E-state index in [-0.39, 0.29) is 5.15 Å². The Kier molecular flexibility index (Phi) is 5.18. The van der Waals surface area contributed by atoms with E-state index in [9.17, 15) is 4.79 Å². The fourth-order valence-electron chi connectivity index (χ4n) is 1.62. The Morgan fingerprint density at radius 1 is 1.47 bits per heavy atom. The third-order valence-corrected chi connectivity index (χ3v) is 2.53. The Labute approximate surface area is 119 Å². The highest BCUT2D eigenvalue weighted by atomic mass is 35.5. The van der Waals surface area contributed by atoms with E-state index in [0.29, 0.717) is 11.6 Å². The molecule has 106 valence electrons. The summed E-state index contributed by atoms with van der Waals surface area (Å²) in [7, 11) is 0. The molecule has 1 aromatic rings. The van der Waals surface area contributed by atoms with Crippen molar-refractivity contribution in [2.45, 2.75) is 46.6 Å². The van der Waals surface area contributed by atoms with Gasteiger partial charge in [0.2, 0.25) is 0 Å². The summed E-state index contributed by atoms with van der Waals surface area (Å²) in [5.74, 6) is 0.456. The molecular weight excluding hydrogens is 264 g/mol. The summed E-state index contributed by atoms with van der Waals surface area (Å²) in [5, 5.41) is 2.97. The average Bonchev–Trinajstić information content (AvgIpc) is 2.19. The van der Waals surface area contributed by atoms with Crippen LogP contribution in [0.1, 0.15) is 40.2 Å². The van der Waals surface area contributed by atoms with Gasteiger partial charge in [-0.15, -0.1) is 0 Å². The molecule has 0 saturated carbocycles. The molecular formula is C14H21ClN2O2. The lowest BCUT2D eigenvalue weighted by Crippen LogP contribution is -2.27. The lowest BCUT2D eigenvalue weighted by atomic mass is 10.0. The Morgan fingerprint density at radius 3 is 2.63 bits per heavy atom. The molecule has 0 radical (unpaired) electrons. The summed E-state index contributed by atoms with van der Waals surface area (Å²) in [4.78, 5) is 15.8. The number of nitrogens with zero attached hydrogens (tertiary/aromatic N) is 1. The van der Waals surface area contributed by atoms with Crippen LogP contribution < -0.4 is 5.32 Å². The lowest BCUT2D eigenvalue weighted by molar-refractivity contribution is 0.0635. The van der Waals surface area contributed by atoms with Gasteiger partial charge in [-0.25, -0.2) is 9.78 Å². The minimum atomic E-state index is -0.545. The van der Waals surface area contributed by atoms with Gasteiger partial charge in [0, 0.05) is 6.20 Å². The molecule has 0 aliphatic rings. The third kappa shape index (κ3) is 5.47. The minimum Gasteiger partial charge on any atom is -0.444 e. The van der Waals surface area contributed by atoms with Gasteiger partial charge in [0.1, 0.15) is 5.60 Å². The third-order valence-electron chi connectivity index (χ3n) is 2.25. The summed E-state index contributed by atoms with van der Waals surface area (Å²) in [5.41, 5.74) is 0.949. The molecule has 0 spiro atoms. The zero-order valence-electron chi connectivity index (χ0n) is 12.1. The average molecular weight is 285 g/mol. The van der Waals surface area contributed by atoms with E-state index >= 15 is 0 Å². The molecule has 0 aliphatic carbocycles. The van der Waals surface area contributed by atoms with Crippen molar-refractivity contribution in [3.05, 3.63) is 23.0 Å². The number of hydrogen-bond acceptors (Lipinski definition) is 3. The molecule has 1 amide bonds. The van der Waals surface area contributed by atoms with Gasteiger partial charge >= 0.3 is 6.09 Å². The molecule has 0 saturated heterocycles. The van der Waals surface area contributed by atoms with Crippen LogP contribution >= 0.6 is 11.6 Å². The van der Waals surface area contributed by atoms with E-state index in [1.54, 1.807) is 6.20 Å². The Morgan fingerprint density at radius 2 is 2.11 bits per heavy atom. The second kappa shape index (κ2) is 6.24. The second-order valence-corrected chi connectivity index (χ2v) is 6.22. The van der Waals surface area contributed by atoms with E-state index in [2.05, 4.69) is 24.1 Å². The number of ether oxygens (including phenoxy) is 1. The molecule has 0 fully saturated rings. The van der Waals surface area contributed by atoms with Crippen molar-refractivity contribution < 1.29 is 9.53 Å². The molecule has 1 heterocycles. The van der Waals surface area contributed by atoms with Crippen molar-refractivity contribution in [3.63, 3.8) is 0 Å². The molecule has 0 atom stereocenters. The van der Waals surface area contributed by atoms with Crippen molar-refractivity contribution >= 4 is 23.4 Å². The second-order valence-electron chi connectivity index (χ2n) is 5.86. The molecule has 1 aromatic heterocycles. The molecule has 0 bridgehead atoms. The van der Waals surface area contributed by atoms with Gasteiger partial charge in [-0.2, -0.15) is 0 Å². The Bertz CT molecular complexity index is 453. The van der Waals surface area contributed by atoms with Gasteiger partial charge in [0.15, 0.2) is 5.15 Å². The number of hydrogen-bond donors (Lipinski definition) is 1. The van der Waals surface area contributed by atoms with Crippen LogP contribution in [0.15, 0.2) is 12.3 Å². The molecule has 5 heteroatoms. The number of rotatable bonds is 3. The van der Waals surface area contributed by atoms with Crippen LogP contribution in [0.4, 0.5) is 10.5 Å². The predicted molar refractivity (Wildman–Crippen MR) is 77.6 cm³/mol. The minimum absolute atomic E-state index is 0.281. The highest BCUT2D eigenvalue weighted by Gasteiger charge is 2.19. The zero-order chi connectivity index (χ0) is 14.6. The van der Waals surface area contributed by atoms with Gasteiger partial charge in [-0.3, -0.25) is 5.32 Å². The van der Waals surface area contributed by atoms with Crippen LogP contribution in [0.5, 0.6) is 0 Å². The first kappa shape index (κ1) is 15.8. The molecule has 0 unspecified atom stereocenters. The maximum Gasteiger partial charge on any atom is 0.412 e. The van der Waals surface area contributed by atoms with Crippen LogP contribution in [0.3, 0.4) is 0 Å². The number of amides is 1. The lowest BCUT2D eigenvalue weighted by Gasteiger charge is -2.21. The SMILES string of the molecule is CC(C)Cc1ccnc(Cl)c1NC(=O)OC(C)(C)C. The molecule has 19 heavy (non-hydrogen) atoms. The molecule has 1 N–H and O–H groups in total. The molecule has 0 aromatic carbocycles. The molecule has 4 nitrogen and oxygen atoms in total. The predicted octanol–water partition coefficient (Wildman–Crippen LogP) is 4.28. The standard InChI is InChI=1S/C14H21ClN2O2/c1-9(2)8-10-6-7-16-12(15)11(10)17-13(18)19-14(3,4)5/h6-7,9H,8H2,1-5H3,(H,17,18). The number of nitrogens with one attached hydrogen (secondary N) is 1. The number of carbonyl (C=O) groups excluding carboxylic acids is 1. The fourth-order valence-corrected chi connectivity index (χ4v) is 1.85. The van der Waals surface area contributed by atoms with Crippen LogP contribution in [0, 0.1) is 5.92 Å². The van der Waals surface area contributed by atoms with E-state index in [0.717, 1.165) is 12.0 Å². The zero-order valence-corrected chi connectivity index (χ0v) is 12.8. The molecule has 1 rings (SSSR count). The maximum atomic E-state index is 11.8. The van der Waals surface area contributed by atoms with Crippen molar-refractivity contribution in [1.82, 2.24) is 4.98 Å². The summed E-state index contributed by atoms with van der Waals surface area (Å²) in [6.45, 7) is 9.64. The summed E-state index contributed by atoms with van der Waals surface area (Å²) in [6.07, 6.45) is 1.93. The van der Waals surface area contributed by atoms with Crippen LogP contribution in [-0.4, -0.2) is 16.7 Å². The van der Waals surface area contributed by atoms with Crippen LogP contribution in [0.2, 0.25) is 5.15 Å². The Hall–Kier alpha value is -1.29. The van der Waals surface area contributed by atoms with Gasteiger partial charge in [-0.1, -0.05) is 25.4 Å². The van der Waals surface area contributed by atoms with Crippen molar-refractivity contribution in [1.29, 1.82) is 0 Å². The summed E-state index contributed by atoms with van der Waals surface area (Å²) >= 11 is 6.05. The smallest absolute Gasteiger partial charge is 0.412 e. The van der Waals surface area contributed by atoms with Gasteiger partial charge < -0.3 is 4.74 Å².